The molecule has 0 unspecified atom stereocenters. The highest BCUT2D eigenvalue weighted by Gasteiger charge is 2.10. The van der Waals surface area contributed by atoms with E-state index in [4.69, 9.17) is 21.4 Å². The molecule has 6 heteroatoms. The molecule has 0 radical (unpaired) electrons. The maximum Gasteiger partial charge on any atom is 0.142 e. The predicted molar refractivity (Wildman–Crippen MR) is 80.0 cm³/mol. The van der Waals surface area contributed by atoms with Crippen LogP contribution >= 0.6 is 11.8 Å². The largest absolute Gasteiger partial charge is 0.392 e. The van der Waals surface area contributed by atoms with Gasteiger partial charge in [0.1, 0.15) is 23.0 Å². The molecule has 0 aliphatic rings. The Labute approximate surface area is 126 Å². The van der Waals surface area contributed by atoms with Gasteiger partial charge in [0.15, 0.2) is 0 Å². The third-order valence-electron chi connectivity index (χ3n) is 2.84. The maximum absolute atomic E-state index is 9.11. The van der Waals surface area contributed by atoms with Crippen molar-refractivity contribution in [3.8, 4) is 12.1 Å². The molecule has 0 fully saturated rings. The third kappa shape index (κ3) is 3.51. The van der Waals surface area contributed by atoms with Crippen molar-refractivity contribution in [1.82, 2.24) is 4.98 Å². The van der Waals surface area contributed by atoms with Crippen LogP contribution in [0.1, 0.15) is 22.3 Å². The molecule has 0 aliphatic heterocycles. The summed E-state index contributed by atoms with van der Waals surface area (Å²) >= 11 is 1.39. The number of aliphatic hydroxyl groups excluding tert-OH is 1. The minimum atomic E-state index is 0.0136. The molecule has 5 nitrogen and oxygen atoms in total. The number of aliphatic hydroxyl groups is 1. The number of nitrogens with zero attached hydrogens (tertiary/aromatic N) is 3. The second kappa shape index (κ2) is 6.76. The maximum atomic E-state index is 9.11. The van der Waals surface area contributed by atoms with E-state index in [2.05, 4.69) is 4.98 Å². The fourth-order valence-electron chi connectivity index (χ4n) is 1.68. The number of anilines is 1. The number of benzene rings is 1. The second-order valence-corrected chi connectivity index (χ2v) is 5.22. The number of hydrogen-bond donors (Lipinski definition) is 2. The Morgan fingerprint density at radius 3 is 2.29 bits per heavy atom. The first kappa shape index (κ1) is 14.9. The van der Waals surface area contributed by atoms with E-state index in [1.165, 1.54) is 17.8 Å². The summed E-state index contributed by atoms with van der Waals surface area (Å²) in [4.78, 5) is 4.12. The lowest BCUT2D eigenvalue weighted by atomic mass is 10.2. The van der Waals surface area contributed by atoms with Crippen molar-refractivity contribution in [3.63, 3.8) is 0 Å². The Morgan fingerprint density at radius 2 is 1.71 bits per heavy atom. The highest BCUT2D eigenvalue weighted by atomic mass is 32.2. The summed E-state index contributed by atoms with van der Waals surface area (Å²) in [5.74, 6) is 0.758. The zero-order valence-corrected chi connectivity index (χ0v) is 11.9. The summed E-state index contributed by atoms with van der Waals surface area (Å²) < 4.78 is 0. The number of aromatic nitrogens is 1. The first-order valence-corrected chi connectivity index (χ1v) is 7.08. The Morgan fingerprint density at radius 1 is 1.10 bits per heavy atom. The second-order valence-electron chi connectivity index (χ2n) is 4.26. The number of nitriles is 2. The van der Waals surface area contributed by atoms with Gasteiger partial charge in [0.25, 0.3) is 0 Å². The number of pyridine rings is 1. The van der Waals surface area contributed by atoms with E-state index in [0.717, 1.165) is 11.1 Å². The van der Waals surface area contributed by atoms with Crippen molar-refractivity contribution in [2.75, 3.05) is 5.73 Å². The van der Waals surface area contributed by atoms with Crippen LogP contribution in [0.4, 0.5) is 5.82 Å². The summed E-state index contributed by atoms with van der Waals surface area (Å²) in [6.07, 6.45) is 0. The third-order valence-corrected chi connectivity index (χ3v) is 3.90. The Balaban J connectivity index is 2.18. The highest BCUT2D eigenvalue weighted by Crippen LogP contribution is 2.26. The number of nitrogens with two attached hydrogens (primary N) is 1. The average molecular weight is 296 g/mol. The van der Waals surface area contributed by atoms with Gasteiger partial charge in [-0.1, -0.05) is 24.3 Å². The van der Waals surface area contributed by atoms with Crippen LogP contribution in [-0.2, 0) is 12.4 Å². The van der Waals surface area contributed by atoms with Crippen LogP contribution in [-0.4, -0.2) is 10.1 Å². The molecule has 21 heavy (non-hydrogen) atoms. The van der Waals surface area contributed by atoms with Crippen LogP contribution in [0.2, 0.25) is 0 Å². The van der Waals surface area contributed by atoms with Gasteiger partial charge in [-0.25, -0.2) is 4.98 Å². The fourth-order valence-corrected chi connectivity index (χ4v) is 2.60. The van der Waals surface area contributed by atoms with Gasteiger partial charge in [-0.15, -0.1) is 11.8 Å². The van der Waals surface area contributed by atoms with Crippen molar-refractivity contribution in [1.29, 1.82) is 10.5 Å². The molecule has 0 spiro atoms. The normalized spacial score (nSPS) is 9.86. The van der Waals surface area contributed by atoms with Crippen molar-refractivity contribution < 1.29 is 5.11 Å². The molecule has 2 aromatic rings. The Hall–Kier alpha value is -2.54. The van der Waals surface area contributed by atoms with Crippen LogP contribution in [0.15, 0.2) is 35.4 Å². The van der Waals surface area contributed by atoms with Crippen molar-refractivity contribution >= 4 is 17.6 Å². The van der Waals surface area contributed by atoms with Crippen molar-refractivity contribution in [2.45, 2.75) is 17.4 Å². The number of thioether (sulfide) groups is 1. The molecule has 1 heterocycles. The summed E-state index contributed by atoms with van der Waals surface area (Å²) in [5.41, 5.74) is 8.13. The molecule has 104 valence electrons. The van der Waals surface area contributed by atoms with Crippen LogP contribution in [0, 0.1) is 22.7 Å². The number of rotatable bonds is 4. The smallest absolute Gasteiger partial charge is 0.142 e. The van der Waals surface area contributed by atoms with Gasteiger partial charge < -0.3 is 10.8 Å². The number of nitrogen functional groups attached to an aromatic ring is 1. The van der Waals surface area contributed by atoms with Gasteiger partial charge in [0.05, 0.1) is 17.7 Å². The molecule has 3 N–H and O–H groups in total. The van der Waals surface area contributed by atoms with E-state index in [1.807, 2.05) is 36.4 Å². The van der Waals surface area contributed by atoms with Crippen LogP contribution in [0.3, 0.4) is 0 Å². The van der Waals surface area contributed by atoms with Gasteiger partial charge in [0, 0.05) is 5.75 Å². The lowest BCUT2D eigenvalue weighted by Crippen LogP contribution is -1.99. The SMILES string of the molecule is N#Cc1cc(C#N)c(SCc2ccc(CO)cc2)nc1N. The minimum absolute atomic E-state index is 0.0136. The molecular formula is C15H12N4OS. The molecule has 1 aromatic heterocycles. The van der Waals surface area contributed by atoms with Gasteiger partial charge in [-0.05, 0) is 17.2 Å². The zero-order valence-electron chi connectivity index (χ0n) is 11.1. The van der Waals surface area contributed by atoms with E-state index in [0.29, 0.717) is 16.3 Å². The summed E-state index contributed by atoms with van der Waals surface area (Å²) in [7, 11) is 0. The lowest BCUT2D eigenvalue weighted by molar-refractivity contribution is 0.282. The standard InChI is InChI=1S/C15H12N4OS/c16-6-12-5-13(7-17)15(19-14(12)18)21-9-11-3-1-10(8-20)2-4-11/h1-5,20H,8-9H2,(H2,18,19). The Kier molecular flexibility index (Phi) is 4.78. The van der Waals surface area contributed by atoms with E-state index in [1.54, 1.807) is 0 Å². The Bertz CT molecular complexity index is 729. The zero-order chi connectivity index (χ0) is 15.2. The van der Waals surface area contributed by atoms with E-state index in [-0.39, 0.29) is 18.0 Å². The molecule has 0 amide bonds. The predicted octanol–water partition coefficient (Wildman–Crippen LogP) is 2.19. The van der Waals surface area contributed by atoms with E-state index >= 15 is 0 Å². The van der Waals surface area contributed by atoms with Crippen LogP contribution in [0.25, 0.3) is 0 Å². The quantitative estimate of drug-likeness (QED) is 0.837. The van der Waals surface area contributed by atoms with E-state index < -0.39 is 0 Å². The highest BCUT2D eigenvalue weighted by molar-refractivity contribution is 7.98. The van der Waals surface area contributed by atoms with Crippen LogP contribution in [0.5, 0.6) is 0 Å². The molecule has 1 aromatic carbocycles. The van der Waals surface area contributed by atoms with E-state index in [9.17, 15) is 0 Å². The number of hydrogen-bond acceptors (Lipinski definition) is 6. The summed E-state index contributed by atoms with van der Waals surface area (Å²) in [6, 6.07) is 12.9. The monoisotopic (exact) mass is 296 g/mol. The topological polar surface area (TPSA) is 107 Å². The first-order valence-electron chi connectivity index (χ1n) is 6.10. The summed E-state index contributed by atoms with van der Waals surface area (Å²) in [5, 5.41) is 27.5. The van der Waals surface area contributed by atoms with Gasteiger partial charge in [-0.3, -0.25) is 0 Å². The molecule has 0 aliphatic carbocycles. The van der Waals surface area contributed by atoms with Crippen LogP contribution < -0.4 is 5.73 Å². The van der Waals surface area contributed by atoms with Crippen molar-refractivity contribution in [2.24, 2.45) is 0 Å². The fraction of sp³-hybridized carbons (Fsp3) is 0.133. The van der Waals surface area contributed by atoms with Gasteiger partial charge >= 0.3 is 0 Å². The van der Waals surface area contributed by atoms with Gasteiger partial charge in [0.2, 0.25) is 0 Å². The molecular weight excluding hydrogens is 284 g/mol. The van der Waals surface area contributed by atoms with Crippen molar-refractivity contribution in [3.05, 3.63) is 52.6 Å². The molecule has 0 atom stereocenters. The lowest BCUT2D eigenvalue weighted by Gasteiger charge is -2.06. The molecule has 0 saturated carbocycles. The minimum Gasteiger partial charge on any atom is -0.392 e. The molecule has 0 saturated heterocycles. The average Bonchev–Trinajstić information content (AvgIpc) is 2.53. The molecule has 0 bridgehead atoms. The summed E-state index contributed by atoms with van der Waals surface area (Å²) in [6.45, 7) is 0.0136. The van der Waals surface area contributed by atoms with Gasteiger partial charge in [-0.2, -0.15) is 10.5 Å². The first-order chi connectivity index (χ1) is 10.2. The molecule has 2 rings (SSSR count).